The first-order valence-electron chi connectivity index (χ1n) is 5.82. The molecule has 12 heteroatoms. The molecule has 3 heterocycles. The van der Waals surface area contributed by atoms with Crippen LogP contribution in [-0.4, -0.2) is 9.79 Å². The largest absolute Gasteiger partial charge is 0.584 e. The molecule has 2 aliphatic rings. The third kappa shape index (κ3) is 3.55. The molecule has 0 aliphatic carbocycles. The Morgan fingerprint density at radius 1 is 1.05 bits per heavy atom. The van der Waals surface area contributed by atoms with Crippen molar-refractivity contribution in [3.63, 3.8) is 0 Å². The van der Waals surface area contributed by atoms with E-state index in [9.17, 15) is 18.9 Å². The van der Waals surface area contributed by atoms with Crippen molar-refractivity contribution in [1.29, 1.82) is 0 Å². The van der Waals surface area contributed by atoms with Gasteiger partial charge in [0, 0.05) is 6.07 Å². The summed E-state index contributed by atoms with van der Waals surface area (Å²) >= 11 is 0. The molecule has 0 fully saturated rings. The Labute approximate surface area is 123 Å². The van der Waals surface area contributed by atoms with Crippen LogP contribution in [-0.2, 0) is 34.0 Å². The van der Waals surface area contributed by atoms with E-state index in [0.717, 1.165) is 18.8 Å². The highest BCUT2D eigenvalue weighted by molar-refractivity contribution is 7.48. The maximum atomic E-state index is 11.8. The highest BCUT2D eigenvalue weighted by Gasteiger charge is 2.32. The van der Waals surface area contributed by atoms with Gasteiger partial charge in [0.1, 0.15) is 24.9 Å². The van der Waals surface area contributed by atoms with Gasteiger partial charge in [0.2, 0.25) is 0 Å². The van der Waals surface area contributed by atoms with Crippen molar-refractivity contribution in [1.82, 2.24) is 0 Å². The second kappa shape index (κ2) is 5.49. The van der Waals surface area contributed by atoms with Gasteiger partial charge < -0.3 is 22.7 Å². The molecule has 3 rings (SSSR count). The van der Waals surface area contributed by atoms with Crippen LogP contribution in [0.2, 0.25) is 0 Å². The molecule has 0 saturated carbocycles. The third-order valence-electron chi connectivity index (χ3n) is 2.52. The summed E-state index contributed by atoms with van der Waals surface area (Å²) in [4.78, 5) is 19.2. The van der Waals surface area contributed by atoms with Crippen molar-refractivity contribution < 1.29 is 46.2 Å². The lowest BCUT2D eigenvalue weighted by atomic mass is 10.4. The van der Waals surface area contributed by atoms with Gasteiger partial charge in [-0.25, -0.2) is 9.13 Å². The minimum absolute atomic E-state index is 0.00621. The molecule has 0 aromatic carbocycles. The molecule has 2 N–H and O–H groups in total. The predicted octanol–water partition coefficient (Wildman–Crippen LogP) is 2.53. The Balaban J connectivity index is 1.92. The van der Waals surface area contributed by atoms with Crippen molar-refractivity contribution >= 4 is 15.6 Å². The van der Waals surface area contributed by atoms with E-state index in [1.54, 1.807) is 0 Å². The standard InChI is InChI=1S/C10H10O10P2/c11-21(12)18-6-10-9(1-2-15-10)20-22(13,14)17-5-7-3-8(19-21)4-16-7/h1-2,4-5H,3,6H2,(H,11,12)(H,13,14). The molecular formula is C10H10O10P2. The third-order valence-corrected chi connectivity index (χ3v) is 4.24. The van der Waals surface area contributed by atoms with E-state index in [0.29, 0.717) is 0 Å². The Kier molecular flexibility index (Phi) is 3.80. The fourth-order valence-electron chi connectivity index (χ4n) is 1.62. The van der Waals surface area contributed by atoms with Crippen molar-refractivity contribution in [3.8, 4) is 5.75 Å². The fourth-order valence-corrected chi connectivity index (χ4v) is 3.06. The van der Waals surface area contributed by atoms with Gasteiger partial charge in [0.15, 0.2) is 17.3 Å². The maximum absolute atomic E-state index is 11.8. The number of hydrogen-bond donors (Lipinski definition) is 2. The molecule has 0 amide bonds. The van der Waals surface area contributed by atoms with Gasteiger partial charge in [-0.2, -0.15) is 0 Å². The van der Waals surface area contributed by atoms with E-state index in [4.69, 9.17) is 22.7 Å². The first kappa shape index (κ1) is 15.2. The first-order valence-corrected chi connectivity index (χ1v) is 8.81. The van der Waals surface area contributed by atoms with Crippen LogP contribution in [0, 0.1) is 0 Å². The number of fused-ring (bicyclic) bond motifs is 3. The van der Waals surface area contributed by atoms with Crippen molar-refractivity contribution in [3.05, 3.63) is 42.1 Å². The average Bonchev–Trinajstić information content (AvgIpc) is 3.02. The molecule has 2 bridgehead atoms. The minimum atomic E-state index is -4.48. The second-order valence-corrected chi connectivity index (χ2v) is 6.88. The van der Waals surface area contributed by atoms with Crippen LogP contribution in [0.1, 0.15) is 12.2 Å². The molecule has 10 nitrogen and oxygen atoms in total. The molecule has 0 radical (unpaired) electrons. The van der Waals surface area contributed by atoms with Crippen LogP contribution < -0.4 is 4.52 Å². The zero-order chi connectivity index (χ0) is 15.8. The SMILES string of the molecule is O=P1(O)OCc2occc2OP(=O)(O)OC=C2CC(=CO2)O1. The van der Waals surface area contributed by atoms with E-state index >= 15 is 0 Å². The lowest BCUT2D eigenvalue weighted by Gasteiger charge is -2.13. The molecule has 1 aromatic heterocycles. The zero-order valence-corrected chi connectivity index (χ0v) is 12.6. The van der Waals surface area contributed by atoms with Crippen LogP contribution in [0.4, 0.5) is 0 Å². The summed E-state index contributed by atoms with van der Waals surface area (Å²) in [5.74, 6) is -0.181. The number of phosphoric acid groups is 2. The lowest BCUT2D eigenvalue weighted by Crippen LogP contribution is -1.97. The molecule has 2 unspecified atom stereocenters. The average molecular weight is 352 g/mol. The molecule has 0 saturated heterocycles. The lowest BCUT2D eigenvalue weighted by molar-refractivity contribution is 0.157. The minimum Gasteiger partial charge on any atom is -0.463 e. The van der Waals surface area contributed by atoms with Crippen molar-refractivity contribution in [2.75, 3.05) is 0 Å². The molecule has 120 valence electrons. The number of rotatable bonds is 0. The Bertz CT molecular complexity index is 732. The van der Waals surface area contributed by atoms with E-state index in [-0.39, 0.29) is 29.4 Å². The number of ether oxygens (including phenoxy) is 1. The smallest absolute Gasteiger partial charge is 0.463 e. The molecule has 0 spiro atoms. The summed E-state index contributed by atoms with van der Waals surface area (Å²) < 4.78 is 52.5. The number of hydrogen-bond acceptors (Lipinski definition) is 8. The van der Waals surface area contributed by atoms with E-state index in [1.165, 1.54) is 6.07 Å². The van der Waals surface area contributed by atoms with Crippen LogP contribution in [0.25, 0.3) is 0 Å². The van der Waals surface area contributed by atoms with E-state index < -0.39 is 22.3 Å². The van der Waals surface area contributed by atoms with Gasteiger partial charge in [0.05, 0.1) is 12.7 Å². The first-order chi connectivity index (χ1) is 10.3. The summed E-state index contributed by atoms with van der Waals surface area (Å²) in [6.07, 6.45) is 3.00. The van der Waals surface area contributed by atoms with Gasteiger partial charge in [-0.05, 0) is 0 Å². The van der Waals surface area contributed by atoms with Gasteiger partial charge in [-0.15, -0.1) is 0 Å². The monoisotopic (exact) mass is 352 g/mol. The fraction of sp³-hybridized carbons (Fsp3) is 0.200. The maximum Gasteiger partial charge on any atom is 0.584 e. The van der Waals surface area contributed by atoms with Crippen molar-refractivity contribution in [2.24, 2.45) is 0 Å². The van der Waals surface area contributed by atoms with Crippen LogP contribution in [0.15, 0.2) is 40.8 Å². The van der Waals surface area contributed by atoms with Gasteiger partial charge in [-0.3, -0.25) is 14.3 Å². The summed E-state index contributed by atoms with van der Waals surface area (Å²) in [7, 11) is -8.91. The van der Waals surface area contributed by atoms with Gasteiger partial charge in [0.25, 0.3) is 0 Å². The summed E-state index contributed by atoms with van der Waals surface area (Å²) in [6.45, 7) is -0.523. The zero-order valence-electron chi connectivity index (χ0n) is 10.8. The van der Waals surface area contributed by atoms with Crippen molar-refractivity contribution in [2.45, 2.75) is 13.0 Å². The summed E-state index contributed by atoms with van der Waals surface area (Å²) in [5.41, 5.74) is 0. The van der Waals surface area contributed by atoms with Gasteiger partial charge >= 0.3 is 15.6 Å². The molecule has 2 aliphatic heterocycles. The van der Waals surface area contributed by atoms with Crippen LogP contribution >= 0.6 is 15.6 Å². The normalized spacial score (nSPS) is 31.5. The highest BCUT2D eigenvalue weighted by atomic mass is 31.2. The number of phosphoric ester groups is 2. The highest BCUT2D eigenvalue weighted by Crippen LogP contribution is 2.51. The molecular weight excluding hydrogens is 342 g/mol. The molecule has 1 aromatic rings. The van der Waals surface area contributed by atoms with Crippen LogP contribution in [0.5, 0.6) is 5.75 Å². The quantitative estimate of drug-likeness (QED) is 0.671. The summed E-state index contributed by atoms with van der Waals surface area (Å²) in [6, 6.07) is 1.23. The Hall–Kier alpha value is -1.70. The molecule has 22 heavy (non-hydrogen) atoms. The summed E-state index contributed by atoms with van der Waals surface area (Å²) in [5, 5.41) is 0. The number of furan rings is 1. The van der Waals surface area contributed by atoms with Gasteiger partial charge in [-0.1, -0.05) is 0 Å². The molecule has 2 atom stereocenters. The topological polar surface area (TPSA) is 134 Å². The van der Waals surface area contributed by atoms with E-state index in [2.05, 4.69) is 4.52 Å². The van der Waals surface area contributed by atoms with Crippen LogP contribution in [0.3, 0.4) is 0 Å². The predicted molar refractivity (Wildman–Crippen MR) is 67.8 cm³/mol. The Morgan fingerprint density at radius 3 is 2.68 bits per heavy atom. The Morgan fingerprint density at radius 2 is 1.86 bits per heavy atom. The van der Waals surface area contributed by atoms with E-state index in [1.807, 2.05) is 0 Å². The second-order valence-electron chi connectivity index (χ2n) is 4.17.